The zero-order valence-electron chi connectivity index (χ0n) is 23.7. The fraction of sp³-hybridized carbons (Fsp3) is 0.188. The van der Waals surface area contributed by atoms with E-state index in [0.717, 1.165) is 5.56 Å². The minimum Gasteiger partial charge on any atom is -0.506 e. The Morgan fingerprint density at radius 1 is 0.750 bits per heavy atom. The van der Waals surface area contributed by atoms with Gasteiger partial charge in [0.25, 0.3) is 11.8 Å². The predicted molar refractivity (Wildman–Crippen MR) is 155 cm³/mol. The Morgan fingerprint density at radius 2 is 1.23 bits per heavy atom. The van der Waals surface area contributed by atoms with Gasteiger partial charge in [-0.3, -0.25) is 9.59 Å². The highest BCUT2D eigenvalue weighted by Gasteiger charge is 2.72. The lowest BCUT2D eigenvalue weighted by Crippen LogP contribution is -2.54. The quantitative estimate of drug-likeness (QED) is 0.0888. The second-order valence-electron chi connectivity index (χ2n) is 9.95. The topological polar surface area (TPSA) is 98.7 Å². The number of amides is 2. The van der Waals surface area contributed by atoms with E-state index in [-0.39, 0.29) is 11.1 Å². The molecule has 232 valence electrons. The molecular weight excluding hydrogens is 590 g/mol. The third kappa shape index (κ3) is 6.80. The minimum atomic E-state index is -6.04. The smallest absolute Gasteiger partial charge is 0.411 e. The second-order valence-corrected chi connectivity index (χ2v) is 9.95. The summed E-state index contributed by atoms with van der Waals surface area (Å²) in [5.41, 5.74) is -7.39. The Bertz CT molecular complexity index is 1620. The number of carbonyl (C=O) groups is 2. The SMILES string of the molecule is C=C/C(C)=C\C=C(/C)C(=O)Nc1cc(C(c2ccc(O)c(NC(=O)c3ccc(C)cc3)c2)(C(F)(F)F)C(F)(F)F)ccc1O. The van der Waals surface area contributed by atoms with Crippen molar-refractivity contribution < 1.29 is 46.1 Å². The number of carbonyl (C=O) groups excluding carboxylic acids is 2. The molecule has 0 heterocycles. The van der Waals surface area contributed by atoms with Gasteiger partial charge in [0.2, 0.25) is 5.41 Å². The highest BCUT2D eigenvalue weighted by atomic mass is 19.4. The molecular formula is C32H28F6N2O4. The number of alkyl halides is 6. The number of aryl methyl sites for hydroxylation is 1. The van der Waals surface area contributed by atoms with Gasteiger partial charge in [-0.25, -0.2) is 0 Å². The summed E-state index contributed by atoms with van der Waals surface area (Å²) in [4.78, 5) is 25.3. The van der Waals surface area contributed by atoms with Gasteiger partial charge in [-0.05, 0) is 68.3 Å². The van der Waals surface area contributed by atoms with E-state index in [2.05, 4.69) is 17.2 Å². The van der Waals surface area contributed by atoms with E-state index >= 15 is 0 Å². The molecule has 0 aliphatic heterocycles. The number of allylic oxidation sites excluding steroid dienone is 4. The van der Waals surface area contributed by atoms with Crippen molar-refractivity contribution in [1.29, 1.82) is 0 Å². The van der Waals surface area contributed by atoms with E-state index in [9.17, 15) is 46.1 Å². The van der Waals surface area contributed by atoms with E-state index in [1.165, 1.54) is 37.3 Å². The molecule has 0 bridgehead atoms. The Morgan fingerprint density at radius 3 is 1.68 bits per heavy atom. The van der Waals surface area contributed by atoms with Gasteiger partial charge in [0.05, 0.1) is 11.4 Å². The largest absolute Gasteiger partial charge is 0.506 e. The van der Waals surface area contributed by atoms with Crippen LogP contribution >= 0.6 is 0 Å². The average molecular weight is 619 g/mol. The van der Waals surface area contributed by atoms with E-state index < -0.39 is 63.6 Å². The highest BCUT2D eigenvalue weighted by molar-refractivity contribution is 6.05. The van der Waals surface area contributed by atoms with Crippen molar-refractivity contribution in [2.24, 2.45) is 0 Å². The normalized spacial score (nSPS) is 12.9. The van der Waals surface area contributed by atoms with Crippen LogP contribution in [-0.2, 0) is 10.2 Å². The van der Waals surface area contributed by atoms with Crippen LogP contribution in [0.1, 0.15) is 40.9 Å². The first-order valence-electron chi connectivity index (χ1n) is 12.9. The van der Waals surface area contributed by atoms with Crippen molar-refractivity contribution in [3.05, 3.63) is 119 Å². The Labute approximate surface area is 249 Å². The molecule has 0 spiro atoms. The summed E-state index contributed by atoms with van der Waals surface area (Å²) >= 11 is 0. The summed E-state index contributed by atoms with van der Waals surface area (Å²) < 4.78 is 89.0. The molecule has 3 rings (SSSR count). The summed E-state index contributed by atoms with van der Waals surface area (Å²) in [7, 11) is 0. The van der Waals surface area contributed by atoms with E-state index in [1.807, 2.05) is 0 Å². The maximum atomic E-state index is 14.8. The molecule has 0 aliphatic rings. The average Bonchev–Trinajstić information content (AvgIpc) is 2.93. The fourth-order valence-corrected chi connectivity index (χ4v) is 4.24. The summed E-state index contributed by atoms with van der Waals surface area (Å²) in [5, 5.41) is 24.8. The van der Waals surface area contributed by atoms with Crippen molar-refractivity contribution in [2.75, 3.05) is 10.6 Å². The number of rotatable bonds is 8. The molecule has 6 nitrogen and oxygen atoms in total. The number of benzene rings is 3. The van der Waals surface area contributed by atoms with Crippen LogP contribution in [0.4, 0.5) is 37.7 Å². The van der Waals surface area contributed by atoms with Gasteiger partial charge in [0, 0.05) is 11.1 Å². The van der Waals surface area contributed by atoms with Gasteiger partial charge >= 0.3 is 12.4 Å². The molecule has 0 unspecified atom stereocenters. The number of phenolic OH excluding ortho intramolecular Hbond substituents is 2. The first-order valence-corrected chi connectivity index (χ1v) is 12.9. The number of hydrogen-bond donors (Lipinski definition) is 4. The van der Waals surface area contributed by atoms with Crippen LogP contribution < -0.4 is 10.6 Å². The number of halogens is 6. The van der Waals surface area contributed by atoms with Crippen LogP contribution in [0.5, 0.6) is 11.5 Å². The molecule has 3 aromatic rings. The van der Waals surface area contributed by atoms with Crippen molar-refractivity contribution in [1.82, 2.24) is 0 Å². The van der Waals surface area contributed by atoms with Gasteiger partial charge in [-0.2, -0.15) is 26.3 Å². The molecule has 0 fully saturated rings. The molecule has 4 N–H and O–H groups in total. The molecule has 3 aromatic carbocycles. The van der Waals surface area contributed by atoms with Gasteiger partial charge in [0.1, 0.15) is 11.5 Å². The number of nitrogens with one attached hydrogen (secondary N) is 2. The van der Waals surface area contributed by atoms with Crippen LogP contribution in [0.15, 0.2) is 96.6 Å². The molecule has 0 saturated carbocycles. The zero-order valence-corrected chi connectivity index (χ0v) is 23.7. The molecule has 0 aliphatic carbocycles. The van der Waals surface area contributed by atoms with E-state index in [0.29, 0.717) is 42.0 Å². The van der Waals surface area contributed by atoms with Gasteiger partial charge in [0.15, 0.2) is 0 Å². The van der Waals surface area contributed by atoms with E-state index in [4.69, 9.17) is 0 Å². The lowest BCUT2D eigenvalue weighted by atomic mass is 9.72. The predicted octanol–water partition coefficient (Wildman–Crippen LogP) is 8.09. The molecule has 12 heteroatoms. The number of aromatic hydroxyl groups is 2. The lowest BCUT2D eigenvalue weighted by Gasteiger charge is -2.38. The van der Waals surface area contributed by atoms with Crippen molar-refractivity contribution >= 4 is 23.2 Å². The molecule has 0 radical (unpaired) electrons. The van der Waals surface area contributed by atoms with Crippen LogP contribution in [0.2, 0.25) is 0 Å². The van der Waals surface area contributed by atoms with E-state index in [1.54, 1.807) is 26.0 Å². The maximum absolute atomic E-state index is 14.8. The maximum Gasteiger partial charge on any atom is 0.411 e. The second kappa shape index (κ2) is 12.7. The van der Waals surface area contributed by atoms with Crippen molar-refractivity contribution in [3.8, 4) is 11.5 Å². The molecule has 44 heavy (non-hydrogen) atoms. The molecule has 0 saturated heterocycles. The Balaban J connectivity index is 2.18. The van der Waals surface area contributed by atoms with Crippen molar-refractivity contribution in [2.45, 2.75) is 38.5 Å². The van der Waals surface area contributed by atoms with Crippen molar-refractivity contribution in [3.63, 3.8) is 0 Å². The third-order valence-corrected chi connectivity index (χ3v) is 6.80. The third-order valence-electron chi connectivity index (χ3n) is 6.80. The summed E-state index contributed by atoms with van der Waals surface area (Å²) in [5.74, 6) is -3.36. The summed E-state index contributed by atoms with van der Waals surface area (Å²) in [6.07, 6.45) is -7.72. The summed E-state index contributed by atoms with van der Waals surface area (Å²) in [6, 6.07) is 8.75. The first kappa shape index (κ1) is 33.5. The summed E-state index contributed by atoms with van der Waals surface area (Å²) in [6.45, 7) is 8.32. The highest BCUT2D eigenvalue weighted by Crippen LogP contribution is 2.57. The molecule has 0 atom stereocenters. The standard InChI is InChI=1S/C32H28F6N2O4/c1-5-18(2)6-9-20(4)28(43)39-24-16-22(12-14-26(24)41)30(31(33,34)35,32(36,37)38)23-13-15-27(42)25(17-23)40-29(44)21-10-7-19(3)8-11-21/h5-17,41-42H,1H2,2-4H3,(H,39,43)(H,40,44)/b18-6-,20-9+. The minimum absolute atomic E-state index is 0.0291. The zero-order chi connectivity index (χ0) is 33.0. The van der Waals surface area contributed by atoms with Crippen LogP contribution in [0.3, 0.4) is 0 Å². The van der Waals surface area contributed by atoms with Crippen LogP contribution in [0.25, 0.3) is 0 Å². The van der Waals surface area contributed by atoms with Crippen LogP contribution in [0, 0.1) is 6.92 Å². The Hall–Kier alpha value is -5.00. The van der Waals surface area contributed by atoms with Gasteiger partial charge in [-0.15, -0.1) is 0 Å². The van der Waals surface area contributed by atoms with Gasteiger partial charge < -0.3 is 20.8 Å². The number of anilines is 2. The number of hydrogen-bond acceptors (Lipinski definition) is 4. The van der Waals surface area contributed by atoms with Crippen LogP contribution in [-0.4, -0.2) is 34.4 Å². The Kier molecular flexibility index (Phi) is 9.67. The lowest BCUT2D eigenvalue weighted by molar-refractivity contribution is -0.288. The fourth-order valence-electron chi connectivity index (χ4n) is 4.24. The molecule has 2 amide bonds. The first-order chi connectivity index (χ1) is 20.4. The number of phenols is 2. The monoisotopic (exact) mass is 618 g/mol. The van der Waals surface area contributed by atoms with Gasteiger partial charge in [-0.1, -0.05) is 60.2 Å². The molecule has 0 aromatic heterocycles.